The maximum absolute atomic E-state index is 2.36. The van der Waals surface area contributed by atoms with Crippen molar-refractivity contribution in [1.29, 1.82) is 0 Å². The first-order valence-corrected chi connectivity index (χ1v) is 22.6. The molecule has 14 aromatic rings. The Kier molecular flexibility index (Phi) is 7.37. The van der Waals surface area contributed by atoms with E-state index in [9.17, 15) is 0 Å². The van der Waals surface area contributed by atoms with Gasteiger partial charge in [0, 0.05) is 25.7 Å². The van der Waals surface area contributed by atoms with Crippen molar-refractivity contribution in [2.24, 2.45) is 0 Å². The highest BCUT2D eigenvalue weighted by atomic mass is 32.1. The Hall–Kier alpha value is -7.84. The largest absolute Gasteiger partial charge is 0.135 e. The van der Waals surface area contributed by atoms with Crippen LogP contribution in [-0.4, -0.2) is 0 Å². The van der Waals surface area contributed by atoms with E-state index in [-0.39, 0.29) is 0 Å². The SMILES string of the molecule is c1cc(-c2ccc(-c3cccc(-c4ccc5ccc6c(-c7cccc8c7sc7ccccc78)ccc7ccc4c5c76)c3)cc2)cc(-c2ccc3ccc4cccc5ccc2c3c45)c1. The predicted octanol–water partition coefficient (Wildman–Crippen LogP) is 18.2. The van der Waals surface area contributed by atoms with Gasteiger partial charge in [-0.3, -0.25) is 0 Å². The van der Waals surface area contributed by atoms with Crippen molar-refractivity contribution in [1.82, 2.24) is 0 Å². The van der Waals surface area contributed by atoms with Gasteiger partial charge in [-0.25, -0.2) is 0 Å². The summed E-state index contributed by atoms with van der Waals surface area (Å²) in [5.74, 6) is 0. The maximum Gasteiger partial charge on any atom is 0.0434 e. The molecular formula is C62H36S. The Labute approximate surface area is 368 Å². The van der Waals surface area contributed by atoms with Crippen molar-refractivity contribution in [2.45, 2.75) is 0 Å². The zero-order chi connectivity index (χ0) is 41.2. The zero-order valence-electron chi connectivity index (χ0n) is 34.2. The second kappa shape index (κ2) is 13.3. The van der Waals surface area contributed by atoms with Crippen molar-refractivity contribution in [2.75, 3.05) is 0 Å². The molecule has 0 aliphatic heterocycles. The molecule has 13 aromatic carbocycles. The van der Waals surface area contributed by atoms with Gasteiger partial charge in [-0.2, -0.15) is 0 Å². The molecule has 1 heteroatoms. The first kappa shape index (κ1) is 34.8. The fourth-order valence-corrected chi connectivity index (χ4v) is 12.1. The first-order chi connectivity index (χ1) is 31.2. The zero-order valence-corrected chi connectivity index (χ0v) is 35.0. The lowest BCUT2D eigenvalue weighted by molar-refractivity contribution is 1.58. The third kappa shape index (κ3) is 5.21. The fraction of sp³-hybridized carbons (Fsp3) is 0. The Bertz CT molecular complexity index is 4110. The van der Waals surface area contributed by atoms with Gasteiger partial charge in [0.2, 0.25) is 0 Å². The van der Waals surface area contributed by atoms with Crippen LogP contribution in [0.1, 0.15) is 0 Å². The summed E-state index contributed by atoms with van der Waals surface area (Å²) in [5, 5.41) is 18.4. The number of hydrogen-bond acceptors (Lipinski definition) is 1. The van der Waals surface area contributed by atoms with E-state index < -0.39 is 0 Å². The third-order valence-corrected chi connectivity index (χ3v) is 15.0. The highest BCUT2D eigenvalue weighted by molar-refractivity contribution is 7.26. The molecule has 0 amide bonds. The summed E-state index contributed by atoms with van der Waals surface area (Å²) in [6.45, 7) is 0. The van der Waals surface area contributed by atoms with Gasteiger partial charge in [0.05, 0.1) is 0 Å². The monoisotopic (exact) mass is 812 g/mol. The number of rotatable bonds is 5. The van der Waals surface area contributed by atoms with Crippen LogP contribution in [0, 0.1) is 0 Å². The molecule has 0 aliphatic carbocycles. The normalized spacial score (nSPS) is 12.1. The minimum atomic E-state index is 1.21. The molecule has 63 heavy (non-hydrogen) atoms. The predicted molar refractivity (Wildman–Crippen MR) is 274 cm³/mol. The number of fused-ring (bicyclic) bond motifs is 3. The average molecular weight is 813 g/mol. The molecular weight excluding hydrogens is 777 g/mol. The molecule has 0 atom stereocenters. The van der Waals surface area contributed by atoms with Crippen molar-refractivity contribution in [3.8, 4) is 55.6 Å². The van der Waals surface area contributed by atoms with E-state index in [0.29, 0.717) is 0 Å². The smallest absolute Gasteiger partial charge is 0.0434 e. The van der Waals surface area contributed by atoms with Gasteiger partial charge in [0.25, 0.3) is 0 Å². The van der Waals surface area contributed by atoms with Gasteiger partial charge in [-0.1, -0.05) is 200 Å². The van der Waals surface area contributed by atoms with Gasteiger partial charge in [-0.15, -0.1) is 11.3 Å². The van der Waals surface area contributed by atoms with Gasteiger partial charge >= 0.3 is 0 Å². The second-order valence-electron chi connectivity index (χ2n) is 17.1. The van der Waals surface area contributed by atoms with Crippen LogP contribution in [0.4, 0.5) is 0 Å². The molecule has 0 saturated heterocycles. The van der Waals surface area contributed by atoms with Crippen LogP contribution in [0.25, 0.3) is 140 Å². The Morgan fingerprint density at radius 3 is 1.25 bits per heavy atom. The third-order valence-electron chi connectivity index (χ3n) is 13.8. The van der Waals surface area contributed by atoms with E-state index in [0.717, 1.165) is 0 Å². The summed E-state index contributed by atoms with van der Waals surface area (Å²) >= 11 is 1.90. The van der Waals surface area contributed by atoms with E-state index in [4.69, 9.17) is 0 Å². The Morgan fingerprint density at radius 1 is 0.222 bits per heavy atom. The van der Waals surface area contributed by atoms with E-state index in [1.54, 1.807) is 0 Å². The topological polar surface area (TPSA) is 0 Å². The summed E-state index contributed by atoms with van der Waals surface area (Å²) in [5.41, 5.74) is 12.5. The molecule has 0 unspecified atom stereocenters. The van der Waals surface area contributed by atoms with Crippen LogP contribution in [0.15, 0.2) is 218 Å². The molecule has 0 spiro atoms. The van der Waals surface area contributed by atoms with Crippen molar-refractivity contribution < 1.29 is 0 Å². The van der Waals surface area contributed by atoms with Crippen molar-refractivity contribution >= 4 is 96.1 Å². The molecule has 0 N–H and O–H groups in total. The van der Waals surface area contributed by atoms with Crippen LogP contribution in [0.3, 0.4) is 0 Å². The van der Waals surface area contributed by atoms with Crippen LogP contribution in [-0.2, 0) is 0 Å². The number of thiophene rings is 1. The van der Waals surface area contributed by atoms with Gasteiger partial charge in [0.15, 0.2) is 0 Å². The van der Waals surface area contributed by atoms with Crippen LogP contribution >= 0.6 is 11.3 Å². The van der Waals surface area contributed by atoms with Gasteiger partial charge < -0.3 is 0 Å². The van der Waals surface area contributed by atoms with Gasteiger partial charge in [0.1, 0.15) is 0 Å². The Balaban J connectivity index is 0.827. The molecule has 14 rings (SSSR count). The quantitative estimate of drug-likeness (QED) is 0.152. The standard InChI is InChI=1S/C62H36S/c1-2-16-57-51(13-1)56-15-6-14-55(62(56)63-57)50-31-25-43-27-33-53-49(30-24-42-28-34-54(50)61(43)60(42)53)47-12-5-10-45(36-47)38-19-17-37(18-20-38)44-9-4-11-46(35-44)48-29-23-41-22-21-39-7-3-8-40-26-32-52(48)59(41)58(39)40/h1-36H. The fourth-order valence-electron chi connectivity index (χ4n) is 10.8. The lowest BCUT2D eigenvalue weighted by atomic mass is 9.86. The van der Waals surface area contributed by atoms with Crippen LogP contribution in [0.5, 0.6) is 0 Å². The molecule has 0 bridgehead atoms. The summed E-state index contributed by atoms with van der Waals surface area (Å²) in [7, 11) is 0. The molecule has 1 aromatic heterocycles. The van der Waals surface area contributed by atoms with Crippen LogP contribution in [0.2, 0.25) is 0 Å². The highest BCUT2D eigenvalue weighted by Gasteiger charge is 2.18. The maximum atomic E-state index is 2.36. The van der Waals surface area contributed by atoms with E-state index >= 15 is 0 Å². The molecule has 0 radical (unpaired) electrons. The average Bonchev–Trinajstić information content (AvgIpc) is 3.74. The van der Waals surface area contributed by atoms with E-state index in [1.165, 1.54) is 140 Å². The minimum Gasteiger partial charge on any atom is -0.135 e. The molecule has 0 saturated carbocycles. The molecule has 290 valence electrons. The molecule has 0 nitrogen and oxygen atoms in total. The van der Waals surface area contributed by atoms with Crippen LogP contribution < -0.4 is 0 Å². The summed E-state index contributed by atoms with van der Waals surface area (Å²) in [6.07, 6.45) is 0. The Morgan fingerprint density at radius 2 is 0.651 bits per heavy atom. The molecule has 0 fully saturated rings. The lowest BCUT2D eigenvalue weighted by Crippen LogP contribution is -1.90. The summed E-state index contributed by atoms with van der Waals surface area (Å²) in [4.78, 5) is 0. The second-order valence-corrected chi connectivity index (χ2v) is 18.2. The first-order valence-electron chi connectivity index (χ1n) is 21.8. The molecule has 0 aliphatic rings. The highest BCUT2D eigenvalue weighted by Crippen LogP contribution is 2.46. The minimum absolute atomic E-state index is 1.21. The van der Waals surface area contributed by atoms with Crippen molar-refractivity contribution in [3.05, 3.63) is 218 Å². The van der Waals surface area contributed by atoms with E-state index in [1.807, 2.05) is 11.3 Å². The van der Waals surface area contributed by atoms with Crippen molar-refractivity contribution in [3.63, 3.8) is 0 Å². The van der Waals surface area contributed by atoms with E-state index in [2.05, 4.69) is 218 Å². The number of hydrogen-bond donors (Lipinski definition) is 0. The molecule has 1 heterocycles. The number of benzene rings is 13. The van der Waals surface area contributed by atoms with Gasteiger partial charge in [-0.05, 0) is 133 Å². The summed E-state index contributed by atoms with van der Waals surface area (Å²) in [6, 6.07) is 81.7. The summed E-state index contributed by atoms with van der Waals surface area (Å²) < 4.78 is 2.69. The lowest BCUT2D eigenvalue weighted by Gasteiger charge is -2.17.